The number of nitrogens with zero attached hydrogens (tertiary/aromatic N) is 1. The lowest BCUT2D eigenvalue weighted by atomic mass is 10.0. The van der Waals surface area contributed by atoms with E-state index in [1.54, 1.807) is 18.2 Å². The van der Waals surface area contributed by atoms with Crippen molar-refractivity contribution in [3.8, 4) is 17.1 Å². The molecule has 1 amide bonds. The molecule has 0 unspecified atom stereocenters. The molecule has 3 aromatic rings. The summed E-state index contributed by atoms with van der Waals surface area (Å²) in [5.74, 6) is 1.90. The van der Waals surface area contributed by atoms with Crippen LogP contribution in [-0.4, -0.2) is 18.7 Å². The Morgan fingerprint density at radius 2 is 1.93 bits per heavy atom. The number of carbonyl (C=O) groups excluding carboxylic acids is 1. The highest BCUT2D eigenvalue weighted by Crippen LogP contribution is 2.27. The Labute approximate surface area is 175 Å². The third-order valence-corrected chi connectivity index (χ3v) is 4.54. The lowest BCUT2D eigenvalue weighted by Gasteiger charge is -2.14. The molecule has 5 nitrogen and oxygen atoms in total. The average molecular weight is 411 g/mol. The van der Waals surface area contributed by atoms with Crippen LogP contribution in [0.3, 0.4) is 0 Å². The van der Waals surface area contributed by atoms with Crippen LogP contribution in [0.25, 0.3) is 11.3 Å². The standard InChI is InChI=1S/C23H23ClN2O3/c1-15(2)20-10-4-16(3)12-22(20)28-14-23(27)26-25-13-19-9-11-21(29-19)17-5-7-18(24)8-6-17/h4-13,15H,14H2,1-3H3,(H,26,27)/b25-13-. The number of aryl methyl sites for hydroxylation is 1. The first-order valence-corrected chi connectivity index (χ1v) is 9.71. The van der Waals surface area contributed by atoms with E-state index in [2.05, 4.69) is 24.4 Å². The molecule has 0 saturated heterocycles. The molecule has 0 spiro atoms. The average Bonchev–Trinajstić information content (AvgIpc) is 3.15. The summed E-state index contributed by atoms with van der Waals surface area (Å²) >= 11 is 5.90. The summed E-state index contributed by atoms with van der Waals surface area (Å²) < 4.78 is 11.4. The highest BCUT2D eigenvalue weighted by Gasteiger charge is 2.10. The number of rotatable bonds is 7. The fraction of sp³-hybridized carbons (Fsp3) is 0.217. The molecule has 0 aliphatic carbocycles. The minimum atomic E-state index is -0.345. The number of ether oxygens (including phenoxy) is 1. The highest BCUT2D eigenvalue weighted by atomic mass is 35.5. The van der Waals surface area contributed by atoms with Crippen LogP contribution in [0.2, 0.25) is 5.02 Å². The third kappa shape index (κ3) is 5.72. The first kappa shape index (κ1) is 20.7. The van der Waals surface area contributed by atoms with Crippen LogP contribution in [0.5, 0.6) is 5.75 Å². The van der Waals surface area contributed by atoms with Gasteiger partial charge in [0.2, 0.25) is 0 Å². The van der Waals surface area contributed by atoms with Gasteiger partial charge in [-0.1, -0.05) is 37.6 Å². The molecule has 0 radical (unpaired) electrons. The summed E-state index contributed by atoms with van der Waals surface area (Å²) in [5.41, 5.74) is 5.50. The summed E-state index contributed by atoms with van der Waals surface area (Å²) in [4.78, 5) is 12.0. The van der Waals surface area contributed by atoms with Gasteiger partial charge in [-0.25, -0.2) is 5.43 Å². The lowest BCUT2D eigenvalue weighted by molar-refractivity contribution is -0.123. The van der Waals surface area contributed by atoms with E-state index in [1.165, 1.54) is 6.21 Å². The smallest absolute Gasteiger partial charge is 0.277 e. The largest absolute Gasteiger partial charge is 0.483 e. The second-order valence-electron chi connectivity index (χ2n) is 6.99. The molecule has 0 aliphatic rings. The number of hydrogen-bond donors (Lipinski definition) is 1. The zero-order valence-electron chi connectivity index (χ0n) is 16.6. The maximum absolute atomic E-state index is 12.0. The van der Waals surface area contributed by atoms with Gasteiger partial charge in [0.1, 0.15) is 17.3 Å². The van der Waals surface area contributed by atoms with Crippen molar-refractivity contribution in [2.75, 3.05) is 6.61 Å². The van der Waals surface area contributed by atoms with Gasteiger partial charge in [-0.05, 0) is 66.4 Å². The summed E-state index contributed by atoms with van der Waals surface area (Å²) in [6, 6.07) is 17.0. The van der Waals surface area contributed by atoms with Gasteiger partial charge in [0.15, 0.2) is 6.61 Å². The molecule has 1 N–H and O–H groups in total. The number of amides is 1. The van der Waals surface area contributed by atoms with Crippen molar-refractivity contribution in [1.29, 1.82) is 0 Å². The molecule has 150 valence electrons. The molecule has 0 aliphatic heterocycles. The summed E-state index contributed by atoms with van der Waals surface area (Å²) in [6.07, 6.45) is 1.45. The molecule has 0 bridgehead atoms. The topological polar surface area (TPSA) is 63.8 Å². The number of hydrazone groups is 1. The Morgan fingerprint density at radius 1 is 1.17 bits per heavy atom. The number of halogens is 1. The van der Waals surface area contributed by atoms with Crippen LogP contribution < -0.4 is 10.2 Å². The van der Waals surface area contributed by atoms with Crippen molar-refractivity contribution in [1.82, 2.24) is 5.43 Å². The van der Waals surface area contributed by atoms with Gasteiger partial charge in [0, 0.05) is 10.6 Å². The molecule has 0 atom stereocenters. The number of hydrogen-bond acceptors (Lipinski definition) is 4. The summed E-state index contributed by atoms with van der Waals surface area (Å²) in [6.45, 7) is 6.05. The second kappa shape index (κ2) is 9.43. The van der Waals surface area contributed by atoms with E-state index in [9.17, 15) is 4.79 Å². The summed E-state index contributed by atoms with van der Waals surface area (Å²) in [7, 11) is 0. The van der Waals surface area contributed by atoms with Crippen LogP contribution in [0.4, 0.5) is 0 Å². The van der Waals surface area contributed by atoms with Crippen LogP contribution >= 0.6 is 11.6 Å². The van der Waals surface area contributed by atoms with Gasteiger partial charge in [0.25, 0.3) is 5.91 Å². The van der Waals surface area contributed by atoms with Gasteiger partial charge in [-0.2, -0.15) is 5.10 Å². The van der Waals surface area contributed by atoms with Gasteiger partial charge >= 0.3 is 0 Å². The van der Waals surface area contributed by atoms with Crippen molar-refractivity contribution in [3.63, 3.8) is 0 Å². The fourth-order valence-corrected chi connectivity index (χ4v) is 2.90. The van der Waals surface area contributed by atoms with Crippen molar-refractivity contribution in [3.05, 3.63) is 76.5 Å². The minimum Gasteiger partial charge on any atom is -0.483 e. The van der Waals surface area contributed by atoms with Crippen molar-refractivity contribution in [2.45, 2.75) is 26.7 Å². The van der Waals surface area contributed by atoms with E-state index in [0.717, 1.165) is 22.4 Å². The molecular formula is C23H23ClN2O3. The van der Waals surface area contributed by atoms with E-state index < -0.39 is 0 Å². The predicted molar refractivity (Wildman–Crippen MR) is 116 cm³/mol. The van der Waals surface area contributed by atoms with Crippen LogP contribution in [0.1, 0.15) is 36.7 Å². The van der Waals surface area contributed by atoms with Crippen molar-refractivity contribution < 1.29 is 13.9 Å². The molecule has 1 aromatic heterocycles. The van der Waals surface area contributed by atoms with Crippen LogP contribution in [0, 0.1) is 6.92 Å². The molecule has 1 heterocycles. The maximum Gasteiger partial charge on any atom is 0.277 e. The van der Waals surface area contributed by atoms with Gasteiger partial charge < -0.3 is 9.15 Å². The van der Waals surface area contributed by atoms with Crippen LogP contribution in [-0.2, 0) is 4.79 Å². The molecule has 2 aromatic carbocycles. The Morgan fingerprint density at radius 3 is 2.66 bits per heavy atom. The SMILES string of the molecule is Cc1ccc(C(C)C)c(OCC(=O)N/N=C\c2ccc(-c3ccc(Cl)cc3)o2)c1. The zero-order valence-corrected chi connectivity index (χ0v) is 17.4. The van der Waals surface area contributed by atoms with E-state index >= 15 is 0 Å². The van der Waals surface area contributed by atoms with Crippen molar-refractivity contribution in [2.24, 2.45) is 5.10 Å². The Hall–Kier alpha value is -3.05. The first-order valence-electron chi connectivity index (χ1n) is 9.33. The molecular weight excluding hydrogens is 388 g/mol. The molecule has 0 fully saturated rings. The van der Waals surface area contributed by atoms with E-state index in [1.807, 2.05) is 43.3 Å². The van der Waals surface area contributed by atoms with Gasteiger partial charge in [0.05, 0.1) is 6.21 Å². The maximum atomic E-state index is 12.0. The normalized spacial score (nSPS) is 11.2. The number of nitrogens with one attached hydrogen (secondary N) is 1. The van der Waals surface area contributed by atoms with E-state index in [-0.39, 0.29) is 12.5 Å². The fourth-order valence-electron chi connectivity index (χ4n) is 2.78. The number of furan rings is 1. The van der Waals surface area contributed by atoms with Gasteiger partial charge in [-0.3, -0.25) is 4.79 Å². The van der Waals surface area contributed by atoms with Crippen LogP contribution in [0.15, 0.2) is 64.1 Å². The van der Waals surface area contributed by atoms with E-state index in [4.69, 9.17) is 20.8 Å². The molecule has 0 saturated carbocycles. The lowest BCUT2D eigenvalue weighted by Crippen LogP contribution is -2.24. The molecule has 3 rings (SSSR count). The highest BCUT2D eigenvalue weighted by molar-refractivity contribution is 6.30. The number of carbonyl (C=O) groups is 1. The monoisotopic (exact) mass is 410 g/mol. The van der Waals surface area contributed by atoms with Gasteiger partial charge in [-0.15, -0.1) is 0 Å². The number of benzene rings is 2. The first-order chi connectivity index (χ1) is 13.9. The second-order valence-corrected chi connectivity index (χ2v) is 7.42. The Kier molecular flexibility index (Phi) is 6.73. The summed E-state index contributed by atoms with van der Waals surface area (Å²) in [5, 5.41) is 4.60. The Bertz CT molecular complexity index is 1010. The van der Waals surface area contributed by atoms with Crippen molar-refractivity contribution >= 4 is 23.7 Å². The quantitative estimate of drug-likeness (QED) is 0.409. The minimum absolute atomic E-state index is 0.116. The third-order valence-electron chi connectivity index (χ3n) is 4.29. The predicted octanol–water partition coefficient (Wildman–Crippen LogP) is 5.56. The Balaban J connectivity index is 1.54. The zero-order chi connectivity index (χ0) is 20.8. The van der Waals surface area contributed by atoms with E-state index in [0.29, 0.717) is 22.5 Å². The molecule has 29 heavy (non-hydrogen) atoms. The molecule has 6 heteroatoms.